The zero-order valence-electron chi connectivity index (χ0n) is 67.4. The van der Waals surface area contributed by atoms with Gasteiger partial charge >= 0.3 is 5.97 Å². The number of aliphatic hydroxyl groups excluding tert-OH is 12. The highest BCUT2D eigenvalue weighted by Gasteiger charge is 2.52. The summed E-state index contributed by atoms with van der Waals surface area (Å²) in [7, 11) is 0.901. The van der Waals surface area contributed by atoms with Crippen molar-refractivity contribution in [2.75, 3.05) is 20.3 Å². The van der Waals surface area contributed by atoms with Gasteiger partial charge in [-0.25, -0.2) is 4.79 Å². The number of fused-ring (bicyclic) bond motifs is 14. The summed E-state index contributed by atoms with van der Waals surface area (Å²) in [6.45, 7) is 2.35. The van der Waals surface area contributed by atoms with Gasteiger partial charge in [-0.15, -0.1) is 0 Å². The number of benzene rings is 7. The monoisotopic (exact) mass is 1770 g/mol. The molecule has 17 bridgehead atoms. The second kappa shape index (κ2) is 36.5. The van der Waals surface area contributed by atoms with Crippen molar-refractivity contribution >= 4 is 41.4 Å². The maximum atomic E-state index is 16.9. The van der Waals surface area contributed by atoms with E-state index in [1.807, 2.05) is 0 Å². The smallest absolute Gasteiger partial charge is 0.333 e. The van der Waals surface area contributed by atoms with Crippen LogP contribution in [0.2, 0.25) is 0 Å². The molecular weight excluding hydrogens is 1680 g/mol. The molecule has 43 nitrogen and oxygen atoms in total. The molecule has 10 heterocycles. The predicted molar refractivity (Wildman–Crippen MR) is 424 cm³/mol. The third-order valence-corrected chi connectivity index (χ3v) is 23.3. The Hall–Kier alpha value is -11.8. The highest BCUT2D eigenvalue weighted by Crippen LogP contribution is 2.50. The number of methoxy groups -OCH3 is 1. The summed E-state index contributed by atoms with van der Waals surface area (Å²) in [4.78, 5) is 111. The molecule has 7 aromatic rings. The van der Waals surface area contributed by atoms with E-state index < -0.39 is 305 Å². The molecule has 26 N–H and O–H groups in total. The number of carbonyl (C=O) groups excluding carboxylic acids is 7. The van der Waals surface area contributed by atoms with Gasteiger partial charge in [0.25, 0.3) is 0 Å². The summed E-state index contributed by atoms with van der Waals surface area (Å²) in [5.41, 5.74) is 9.79. The number of ether oxygens (including phenoxy) is 12. The summed E-state index contributed by atoms with van der Waals surface area (Å²) in [5.74, 6) is -16.2. The molecule has 6 amide bonds. The van der Waals surface area contributed by atoms with Gasteiger partial charge < -0.3 is 182 Å². The molecule has 4 saturated heterocycles. The maximum Gasteiger partial charge on any atom is 0.333 e. The molecule has 4 fully saturated rings. The molecule has 43 heteroatoms. The Morgan fingerprint density at radius 1 is 0.465 bits per heavy atom. The Labute approximate surface area is 718 Å². The zero-order valence-corrected chi connectivity index (χ0v) is 67.4. The Morgan fingerprint density at radius 3 is 1.62 bits per heavy atom. The van der Waals surface area contributed by atoms with Crippen molar-refractivity contribution in [3.05, 3.63) is 166 Å². The summed E-state index contributed by atoms with van der Waals surface area (Å²) in [5, 5.41) is 198. The van der Waals surface area contributed by atoms with E-state index in [4.69, 9.17) is 68.3 Å². The SMILES string of the molecule is COC(=O)[C@H]1NC(=O)[C@H]2NC(=O)[C@H](NC(=O)[C@@H]3NC(=O)[C@H]4NC(=O)[C@H](NC(=O)[C@@H](N)c5ccc(O)c(c5)Oc5cc4cc(O)c5C)[C@H](O)c4ccc(cc4)Oc4cc3cc(c4O[C@@H]3O[C@H](CO[C@@H]4O[C@@H](C)[C@H](O)[C@@H](O)[C@H]4O)[C@@H](O)[C@H](O)[C@H]3O)Oc3ccc(cc3)[C@H]2O[C@H]2C[C@@H](N)[C@@H](O)[C@H](C)O2)c2ccc(O)c(c2)-c2c(O[C@@H]3O[C@H](CO)[C@@H](O)[C@H](O)[C@@H]3O)cc(O)cc21. The second-order valence-corrected chi connectivity index (χ2v) is 31.7. The maximum absolute atomic E-state index is 16.9. The quantitative estimate of drug-likeness (QED) is 0.0582. The van der Waals surface area contributed by atoms with Crippen molar-refractivity contribution in [1.82, 2.24) is 31.9 Å². The lowest BCUT2D eigenvalue weighted by atomic mass is 9.89. The summed E-state index contributed by atoms with van der Waals surface area (Å²) >= 11 is 0. The molecule has 0 spiro atoms. The number of phenols is 4. The third-order valence-electron chi connectivity index (χ3n) is 23.3. The van der Waals surface area contributed by atoms with Crippen LogP contribution in [0.4, 0.5) is 0 Å². The molecule has 17 rings (SSSR count). The van der Waals surface area contributed by atoms with Crippen LogP contribution in [0.15, 0.2) is 121 Å². The minimum Gasteiger partial charge on any atom is -0.508 e. The van der Waals surface area contributed by atoms with Gasteiger partial charge in [0.2, 0.25) is 53.8 Å². The minimum atomic E-state index is -2.46. The number of phenolic OH excluding ortho intramolecular Hbond substituents is 4. The first-order chi connectivity index (χ1) is 60.4. The summed E-state index contributed by atoms with van der Waals surface area (Å²) in [6.07, 6.45) is -37.1. The fraction of sp³-hybridized carbons (Fsp3) is 0.417. The van der Waals surface area contributed by atoms with Crippen LogP contribution in [0, 0.1) is 6.92 Å². The Morgan fingerprint density at radius 2 is 0.984 bits per heavy atom. The molecule has 0 unspecified atom stereocenters. The van der Waals surface area contributed by atoms with Crippen molar-refractivity contribution < 1.29 is 172 Å². The lowest BCUT2D eigenvalue weighted by molar-refractivity contribution is -0.318. The highest BCUT2D eigenvalue weighted by atomic mass is 16.7. The van der Waals surface area contributed by atoms with Crippen LogP contribution in [-0.4, -0.2) is 272 Å². The van der Waals surface area contributed by atoms with E-state index in [0.29, 0.717) is 0 Å². The fourth-order valence-electron chi connectivity index (χ4n) is 16.0. The normalized spacial score (nSPS) is 33.3. The van der Waals surface area contributed by atoms with Crippen molar-refractivity contribution in [3.8, 4) is 80.1 Å². The van der Waals surface area contributed by atoms with Crippen LogP contribution in [-0.2, 0) is 66.7 Å². The first-order valence-corrected chi connectivity index (χ1v) is 40.0. The second-order valence-electron chi connectivity index (χ2n) is 31.7. The van der Waals surface area contributed by atoms with Crippen LogP contribution >= 0.6 is 0 Å². The third kappa shape index (κ3) is 17.9. The Balaban J connectivity index is 0.966. The van der Waals surface area contributed by atoms with Gasteiger partial charge in [0.15, 0.2) is 41.6 Å². The van der Waals surface area contributed by atoms with Crippen LogP contribution in [0.5, 0.6) is 69.0 Å². The number of amides is 6. The van der Waals surface area contributed by atoms with Gasteiger partial charge in [0, 0.05) is 40.8 Å². The number of nitrogens with two attached hydrogens (primary N) is 2. The molecule has 28 atom stereocenters. The van der Waals surface area contributed by atoms with Crippen LogP contribution < -0.4 is 67.1 Å². The molecule has 0 aliphatic carbocycles. The number of carbonyl (C=O) groups is 7. The number of hydrogen-bond donors (Lipinski definition) is 24. The molecular formula is C84H92N8O35. The lowest BCUT2D eigenvalue weighted by Gasteiger charge is -2.42. The average Bonchev–Trinajstić information content (AvgIpc) is 0.744. The van der Waals surface area contributed by atoms with Gasteiger partial charge in [-0.3, -0.25) is 28.8 Å². The Kier molecular flexibility index (Phi) is 25.9. The van der Waals surface area contributed by atoms with Crippen LogP contribution in [0.1, 0.15) is 107 Å². The number of aliphatic hydroxyl groups is 12. The summed E-state index contributed by atoms with van der Waals surface area (Å²) in [6, 6.07) is 5.99. The fourth-order valence-corrected chi connectivity index (χ4v) is 16.0. The number of aromatic hydroxyl groups is 4. The van der Waals surface area contributed by atoms with Crippen LogP contribution in [0.25, 0.3) is 11.1 Å². The summed E-state index contributed by atoms with van der Waals surface area (Å²) < 4.78 is 74.0. The van der Waals surface area contributed by atoms with Crippen molar-refractivity contribution in [2.45, 2.75) is 198 Å². The van der Waals surface area contributed by atoms with E-state index >= 15 is 24.0 Å². The number of nitrogens with one attached hydrogen (secondary N) is 6. The topological polar surface area (TPSA) is 678 Å². The van der Waals surface area contributed by atoms with Gasteiger partial charge in [0.05, 0.1) is 38.6 Å². The zero-order chi connectivity index (χ0) is 90.9. The first kappa shape index (κ1) is 90.0. The molecule has 0 aromatic heterocycles. The predicted octanol–water partition coefficient (Wildman–Crippen LogP) is -2.79. The van der Waals surface area contributed by atoms with E-state index in [1.54, 1.807) is 0 Å². The van der Waals surface area contributed by atoms with E-state index in [2.05, 4.69) is 31.9 Å². The average molecular weight is 1770 g/mol. The van der Waals surface area contributed by atoms with Crippen molar-refractivity contribution in [1.29, 1.82) is 0 Å². The Bertz CT molecular complexity index is 5330. The molecule has 0 radical (unpaired) electrons. The van der Waals surface area contributed by atoms with Gasteiger partial charge in [-0.2, -0.15) is 0 Å². The van der Waals surface area contributed by atoms with E-state index in [-0.39, 0.29) is 51.7 Å². The van der Waals surface area contributed by atoms with Crippen molar-refractivity contribution in [3.63, 3.8) is 0 Å². The molecule has 10 aliphatic rings. The number of esters is 1. The van der Waals surface area contributed by atoms with E-state index in [1.165, 1.54) is 81.4 Å². The molecule has 10 aliphatic heterocycles. The minimum absolute atomic E-state index is 0.0198. The van der Waals surface area contributed by atoms with E-state index in [0.717, 1.165) is 67.8 Å². The van der Waals surface area contributed by atoms with Gasteiger partial charge in [-0.05, 0) is 133 Å². The molecule has 678 valence electrons. The standard InChI is InChI=1S/C84H92N8O35/c1-28-45(97)18-35-20-46(28)122-47-19-33(9-16-44(47)96)55(86)75(109)91-60-64(100)31-5-11-38(12-6-31)120-49-21-36-22-50(74(49)127-84-72(108)69(105)66(102)52(125-84)27-117-82-70(106)67(103)63(99)30(3)119-82)121-39-13-7-32(8-14-39)73(126-53-25-42(85)62(98)29(2)118-53)61-80(114)90-59(81(115)116-4)41-23-37(94)24-48(123-83-71(107)68(104)65(101)51(26-93)124-83)54(41)40-17-34(10-15-43(40)95)56(76(110)92-61)87-78(112)58(36)88-77(111)57(35)89-79(60)113/h5-24,29-30,42,51-53,55-73,82-84,93-108H,25-27,85-86H2,1-4H3,(H,87,112)(H,88,111)(H,89,113)(H,90,114)(H,91,109)(H,92,110)/t29-,30-,42+,51+,52+,53-,55-,56+,57-,58+,59-,60+,61-,62-,63-,64+,65+,66+,67+,68-,69-,70+,71-,72+,73+,82+,83+,84-/m0/s1. The van der Waals surface area contributed by atoms with Gasteiger partial charge in [-0.1, -0.05) is 36.4 Å². The largest absolute Gasteiger partial charge is 0.508 e. The number of rotatable bonds is 11. The molecule has 0 saturated carbocycles. The lowest BCUT2D eigenvalue weighted by Crippen LogP contribution is -2.61. The van der Waals surface area contributed by atoms with Gasteiger partial charge in [0.1, 0.15) is 156 Å². The highest BCUT2D eigenvalue weighted by molar-refractivity contribution is 6.00. The van der Waals surface area contributed by atoms with Crippen molar-refractivity contribution in [2.24, 2.45) is 11.5 Å². The molecule has 127 heavy (non-hydrogen) atoms. The first-order valence-electron chi connectivity index (χ1n) is 40.0. The van der Waals surface area contributed by atoms with E-state index in [9.17, 15) is 91.3 Å². The van der Waals surface area contributed by atoms with Crippen LogP contribution in [0.3, 0.4) is 0 Å². The molecule has 7 aromatic carbocycles. The number of hydrogen-bond acceptors (Lipinski definition) is 37.